The van der Waals surface area contributed by atoms with Gasteiger partial charge in [0, 0.05) is 17.7 Å². The average Bonchev–Trinajstić information content (AvgIpc) is 2.54. The number of non-ortho nitro benzene ring substituents is 1. The van der Waals surface area contributed by atoms with Crippen LogP contribution in [0.2, 0.25) is 0 Å². The van der Waals surface area contributed by atoms with Gasteiger partial charge in [-0.05, 0) is 29.8 Å². The number of nitrogens with zero attached hydrogens (tertiary/aromatic N) is 3. The van der Waals surface area contributed by atoms with E-state index < -0.39 is 4.92 Å². The molecule has 0 unspecified atom stereocenters. The molecule has 8 nitrogen and oxygen atoms in total. The van der Waals surface area contributed by atoms with Crippen LogP contribution < -0.4 is 16.2 Å². The second-order valence-electron chi connectivity index (χ2n) is 4.52. The van der Waals surface area contributed by atoms with Crippen LogP contribution in [0.3, 0.4) is 0 Å². The Kier molecular flexibility index (Phi) is 5.24. The van der Waals surface area contributed by atoms with Crippen molar-refractivity contribution in [3.05, 3.63) is 69.8 Å². The lowest BCUT2D eigenvalue weighted by Gasteiger charge is -2.08. The number of rotatable bonds is 6. The van der Waals surface area contributed by atoms with Gasteiger partial charge in [-0.1, -0.05) is 12.1 Å². The third kappa shape index (κ3) is 4.81. The summed E-state index contributed by atoms with van der Waals surface area (Å²) in [5.41, 5.74) is 12.0. The van der Waals surface area contributed by atoms with Gasteiger partial charge in [-0.25, -0.2) is 0 Å². The lowest BCUT2D eigenvalue weighted by molar-refractivity contribution is -0.384. The molecule has 0 radical (unpaired) electrons. The van der Waals surface area contributed by atoms with Crippen molar-refractivity contribution in [1.82, 2.24) is 0 Å². The van der Waals surface area contributed by atoms with Crippen molar-refractivity contribution in [2.24, 2.45) is 21.7 Å². The van der Waals surface area contributed by atoms with Crippen molar-refractivity contribution in [1.29, 1.82) is 0 Å². The van der Waals surface area contributed by atoms with E-state index in [-0.39, 0.29) is 18.3 Å². The second kappa shape index (κ2) is 7.55. The maximum absolute atomic E-state index is 10.6. The number of hydrogen-bond donors (Lipinski definition) is 2. The average molecular weight is 313 g/mol. The van der Waals surface area contributed by atoms with Crippen LogP contribution in [0.4, 0.5) is 5.69 Å². The third-order valence-electron chi connectivity index (χ3n) is 2.83. The van der Waals surface area contributed by atoms with Gasteiger partial charge in [-0.3, -0.25) is 10.1 Å². The quantitative estimate of drug-likeness (QED) is 0.363. The molecule has 0 heterocycles. The summed E-state index contributed by atoms with van der Waals surface area (Å²) in [4.78, 5) is 10.2. The molecular formula is C15H15N5O3. The fourth-order valence-corrected chi connectivity index (χ4v) is 1.75. The van der Waals surface area contributed by atoms with Crippen molar-refractivity contribution in [3.8, 4) is 5.75 Å². The van der Waals surface area contributed by atoms with Crippen LogP contribution in [-0.2, 0) is 6.61 Å². The molecule has 2 aromatic rings. The zero-order valence-electron chi connectivity index (χ0n) is 12.1. The van der Waals surface area contributed by atoms with Crippen LogP contribution in [0.25, 0.3) is 0 Å². The molecule has 0 aliphatic heterocycles. The van der Waals surface area contributed by atoms with Crippen molar-refractivity contribution in [3.63, 3.8) is 0 Å². The molecule has 0 saturated carbocycles. The zero-order chi connectivity index (χ0) is 16.7. The van der Waals surface area contributed by atoms with Crippen molar-refractivity contribution in [2.45, 2.75) is 6.61 Å². The highest BCUT2D eigenvalue weighted by atomic mass is 16.6. The minimum atomic E-state index is -0.444. The van der Waals surface area contributed by atoms with Crippen LogP contribution in [0, 0.1) is 10.1 Å². The number of guanidine groups is 1. The lowest BCUT2D eigenvalue weighted by Crippen LogP contribution is -2.21. The molecule has 0 fully saturated rings. The molecule has 0 bridgehead atoms. The van der Waals surface area contributed by atoms with Gasteiger partial charge in [0.1, 0.15) is 12.4 Å². The summed E-state index contributed by atoms with van der Waals surface area (Å²) in [5, 5.41) is 17.9. The molecule has 0 amide bonds. The van der Waals surface area contributed by atoms with E-state index in [4.69, 9.17) is 16.2 Å². The predicted molar refractivity (Wildman–Crippen MR) is 87.3 cm³/mol. The van der Waals surface area contributed by atoms with Gasteiger partial charge in [-0.2, -0.15) is 5.10 Å². The molecule has 4 N–H and O–H groups in total. The minimum absolute atomic E-state index is 0.0403. The van der Waals surface area contributed by atoms with Gasteiger partial charge in [-0.15, -0.1) is 5.10 Å². The molecular weight excluding hydrogens is 298 g/mol. The first-order valence-corrected chi connectivity index (χ1v) is 6.63. The second-order valence-corrected chi connectivity index (χ2v) is 4.52. The van der Waals surface area contributed by atoms with Crippen LogP contribution in [0.5, 0.6) is 5.75 Å². The molecule has 0 spiro atoms. The van der Waals surface area contributed by atoms with Crippen molar-refractivity contribution in [2.75, 3.05) is 0 Å². The summed E-state index contributed by atoms with van der Waals surface area (Å²) < 4.78 is 5.71. The summed E-state index contributed by atoms with van der Waals surface area (Å²) in [6, 6.07) is 13.4. The summed E-state index contributed by atoms with van der Waals surface area (Å²) in [5.74, 6) is 0.464. The van der Waals surface area contributed by atoms with E-state index in [9.17, 15) is 10.1 Å². The maximum Gasteiger partial charge on any atom is 0.269 e. The van der Waals surface area contributed by atoms with Gasteiger partial charge >= 0.3 is 0 Å². The number of hydrogen-bond acceptors (Lipinski definition) is 5. The van der Waals surface area contributed by atoms with Gasteiger partial charge in [0.15, 0.2) is 0 Å². The summed E-state index contributed by atoms with van der Waals surface area (Å²) >= 11 is 0. The van der Waals surface area contributed by atoms with E-state index in [1.807, 2.05) is 12.1 Å². The van der Waals surface area contributed by atoms with Gasteiger partial charge < -0.3 is 16.2 Å². The molecule has 23 heavy (non-hydrogen) atoms. The first-order valence-electron chi connectivity index (χ1n) is 6.63. The zero-order valence-corrected chi connectivity index (χ0v) is 12.1. The Morgan fingerprint density at radius 2 is 1.87 bits per heavy atom. The SMILES string of the molecule is NC(N)=NN=Cc1ccccc1OCc1ccc([N+](=O)[O-])cc1. The minimum Gasteiger partial charge on any atom is -0.488 e. The molecule has 8 heteroatoms. The molecule has 2 aromatic carbocycles. The first-order chi connectivity index (χ1) is 11.1. The Morgan fingerprint density at radius 1 is 1.17 bits per heavy atom. The lowest BCUT2D eigenvalue weighted by atomic mass is 10.2. The van der Waals surface area contributed by atoms with E-state index in [0.717, 1.165) is 5.56 Å². The van der Waals surface area contributed by atoms with Gasteiger partial charge in [0.2, 0.25) is 5.96 Å². The molecule has 0 atom stereocenters. The van der Waals surface area contributed by atoms with Crippen LogP contribution in [-0.4, -0.2) is 17.1 Å². The van der Waals surface area contributed by atoms with E-state index in [1.54, 1.807) is 24.3 Å². The first kappa shape index (κ1) is 16.0. The Labute approximate surface area is 132 Å². The smallest absolute Gasteiger partial charge is 0.269 e. The van der Waals surface area contributed by atoms with E-state index in [2.05, 4.69) is 10.2 Å². The molecule has 118 valence electrons. The van der Waals surface area contributed by atoms with Gasteiger partial charge in [0.05, 0.1) is 11.1 Å². The number of nitrogens with two attached hydrogens (primary N) is 2. The number of ether oxygens (including phenoxy) is 1. The fourth-order valence-electron chi connectivity index (χ4n) is 1.75. The van der Waals surface area contributed by atoms with Crippen molar-refractivity contribution >= 4 is 17.9 Å². The monoisotopic (exact) mass is 313 g/mol. The number of benzene rings is 2. The Bertz CT molecular complexity index is 737. The van der Waals surface area contributed by atoms with Gasteiger partial charge in [0.25, 0.3) is 5.69 Å². The molecule has 0 aliphatic rings. The maximum atomic E-state index is 10.6. The highest BCUT2D eigenvalue weighted by Gasteiger charge is 2.05. The number of para-hydroxylation sites is 1. The third-order valence-corrected chi connectivity index (χ3v) is 2.83. The predicted octanol–water partition coefficient (Wildman–Crippen LogP) is 1.78. The molecule has 0 aliphatic carbocycles. The van der Waals surface area contributed by atoms with E-state index in [0.29, 0.717) is 11.3 Å². The molecule has 0 saturated heterocycles. The highest BCUT2D eigenvalue weighted by Crippen LogP contribution is 2.19. The standard InChI is InChI=1S/C15H15N5O3/c16-15(17)19-18-9-12-3-1-2-4-14(12)23-10-11-5-7-13(8-6-11)20(21)22/h1-9H,10H2,(H4,16,17,19). The highest BCUT2D eigenvalue weighted by molar-refractivity contribution is 5.84. The van der Waals surface area contributed by atoms with Crippen LogP contribution in [0.15, 0.2) is 58.7 Å². The topological polar surface area (TPSA) is 129 Å². The van der Waals surface area contributed by atoms with E-state index in [1.165, 1.54) is 18.3 Å². The Morgan fingerprint density at radius 3 is 2.52 bits per heavy atom. The summed E-state index contributed by atoms with van der Waals surface area (Å²) in [7, 11) is 0. The van der Waals surface area contributed by atoms with Crippen LogP contribution >= 0.6 is 0 Å². The number of nitro benzene ring substituents is 1. The fraction of sp³-hybridized carbons (Fsp3) is 0.0667. The normalized spacial score (nSPS) is 10.4. The Balaban J connectivity index is 2.07. The van der Waals surface area contributed by atoms with Crippen LogP contribution in [0.1, 0.15) is 11.1 Å². The molecule has 0 aromatic heterocycles. The summed E-state index contributed by atoms with van der Waals surface area (Å²) in [6.45, 7) is 0.269. The Hall–Kier alpha value is -3.42. The largest absolute Gasteiger partial charge is 0.488 e. The number of nitro groups is 1. The summed E-state index contributed by atoms with van der Waals surface area (Å²) in [6.07, 6.45) is 1.48. The van der Waals surface area contributed by atoms with E-state index >= 15 is 0 Å². The van der Waals surface area contributed by atoms with Crippen molar-refractivity contribution < 1.29 is 9.66 Å². The molecule has 2 rings (SSSR count).